The Labute approximate surface area is 112 Å². The van der Waals surface area contributed by atoms with Crippen molar-refractivity contribution in [3.8, 4) is 0 Å². The molecule has 3 rings (SSSR count). The molecule has 0 aromatic heterocycles. The van der Waals surface area contributed by atoms with Crippen molar-refractivity contribution in [2.24, 2.45) is 5.41 Å². The van der Waals surface area contributed by atoms with Gasteiger partial charge in [0, 0.05) is 6.42 Å². The first-order chi connectivity index (χ1) is 9.03. The van der Waals surface area contributed by atoms with Crippen LogP contribution in [-0.2, 0) is 9.59 Å². The molecule has 1 saturated heterocycles. The minimum Gasteiger partial charge on any atom is -0.397 e. The number of benzene rings is 1. The molecule has 100 valence electrons. The molecule has 1 aromatic rings. The van der Waals surface area contributed by atoms with Crippen LogP contribution in [0.1, 0.15) is 37.7 Å². The summed E-state index contributed by atoms with van der Waals surface area (Å²) < 4.78 is 0. The fourth-order valence-corrected chi connectivity index (χ4v) is 3.36. The highest BCUT2D eigenvalue weighted by molar-refractivity contribution is 6.23. The molecule has 1 aliphatic carbocycles. The maximum atomic E-state index is 12.6. The van der Waals surface area contributed by atoms with Crippen molar-refractivity contribution in [3.63, 3.8) is 0 Å². The first kappa shape index (κ1) is 12.2. The van der Waals surface area contributed by atoms with E-state index in [1.54, 1.807) is 12.1 Å². The zero-order chi connectivity index (χ0) is 13.6. The predicted octanol–water partition coefficient (Wildman–Crippen LogP) is 2.40. The van der Waals surface area contributed by atoms with Crippen LogP contribution >= 0.6 is 0 Å². The lowest BCUT2D eigenvalue weighted by atomic mass is 9.84. The second-order valence-electron chi connectivity index (χ2n) is 5.76. The smallest absolute Gasteiger partial charge is 0.240 e. The summed E-state index contributed by atoms with van der Waals surface area (Å²) in [5.41, 5.74) is 7.60. The third kappa shape index (κ3) is 1.74. The van der Waals surface area contributed by atoms with E-state index in [0.29, 0.717) is 17.8 Å². The third-order valence-corrected chi connectivity index (χ3v) is 4.38. The summed E-state index contributed by atoms with van der Waals surface area (Å²) in [5.74, 6) is -0.159. The van der Waals surface area contributed by atoms with E-state index < -0.39 is 5.41 Å². The van der Waals surface area contributed by atoms with Crippen molar-refractivity contribution in [2.75, 3.05) is 10.6 Å². The van der Waals surface area contributed by atoms with Gasteiger partial charge in [0.15, 0.2) is 0 Å². The summed E-state index contributed by atoms with van der Waals surface area (Å²) >= 11 is 0. The van der Waals surface area contributed by atoms with Gasteiger partial charge in [0.2, 0.25) is 11.8 Å². The van der Waals surface area contributed by atoms with Crippen LogP contribution in [0.4, 0.5) is 11.4 Å². The quantitative estimate of drug-likeness (QED) is 0.621. The molecule has 2 fully saturated rings. The van der Waals surface area contributed by atoms with Gasteiger partial charge >= 0.3 is 0 Å². The van der Waals surface area contributed by atoms with E-state index in [2.05, 4.69) is 0 Å². The van der Waals surface area contributed by atoms with Crippen LogP contribution < -0.4 is 10.6 Å². The lowest BCUT2D eigenvalue weighted by molar-refractivity contribution is -0.125. The van der Waals surface area contributed by atoms with E-state index >= 15 is 0 Å². The van der Waals surface area contributed by atoms with Gasteiger partial charge in [0.05, 0.1) is 16.8 Å². The van der Waals surface area contributed by atoms with Crippen LogP contribution in [0.5, 0.6) is 0 Å². The second kappa shape index (κ2) is 4.08. The number of anilines is 2. The number of amides is 2. The van der Waals surface area contributed by atoms with E-state index in [1.165, 1.54) is 4.90 Å². The fraction of sp³-hybridized carbons (Fsp3) is 0.467. The molecule has 0 unspecified atom stereocenters. The normalized spacial score (nSPS) is 21.6. The number of hydrogen-bond donors (Lipinski definition) is 1. The largest absolute Gasteiger partial charge is 0.397 e. The first-order valence-electron chi connectivity index (χ1n) is 6.77. The Hall–Kier alpha value is -1.84. The van der Waals surface area contributed by atoms with Crippen molar-refractivity contribution in [1.29, 1.82) is 0 Å². The average Bonchev–Trinajstić information content (AvgIpc) is 2.89. The fourth-order valence-electron chi connectivity index (χ4n) is 3.36. The highest BCUT2D eigenvalue weighted by atomic mass is 16.2. The summed E-state index contributed by atoms with van der Waals surface area (Å²) in [7, 11) is 0. The van der Waals surface area contributed by atoms with Gasteiger partial charge in [-0.1, -0.05) is 18.9 Å². The molecule has 0 radical (unpaired) electrons. The molecule has 0 atom stereocenters. The van der Waals surface area contributed by atoms with Crippen LogP contribution in [0.25, 0.3) is 0 Å². The van der Waals surface area contributed by atoms with Crippen molar-refractivity contribution in [1.82, 2.24) is 0 Å². The van der Waals surface area contributed by atoms with E-state index in [9.17, 15) is 9.59 Å². The van der Waals surface area contributed by atoms with E-state index in [-0.39, 0.29) is 11.8 Å². The number of carbonyl (C=O) groups excluding carboxylic acids is 2. The Bertz CT molecular complexity index is 559. The molecule has 1 saturated carbocycles. The molecule has 1 spiro atoms. The molecule has 19 heavy (non-hydrogen) atoms. The summed E-state index contributed by atoms with van der Waals surface area (Å²) in [6.45, 7) is 1.94. The van der Waals surface area contributed by atoms with Gasteiger partial charge in [-0.25, -0.2) is 4.90 Å². The topological polar surface area (TPSA) is 63.4 Å². The molecule has 0 bridgehead atoms. The molecule has 4 nitrogen and oxygen atoms in total. The Morgan fingerprint density at radius 3 is 2.53 bits per heavy atom. The predicted molar refractivity (Wildman–Crippen MR) is 73.6 cm³/mol. The van der Waals surface area contributed by atoms with E-state index in [1.807, 2.05) is 13.0 Å². The lowest BCUT2D eigenvalue weighted by Gasteiger charge is -2.22. The van der Waals surface area contributed by atoms with Crippen LogP contribution in [0.3, 0.4) is 0 Å². The SMILES string of the molecule is Cc1ccc(N2C(=O)CC3(CCCC3)C2=O)c(N)c1. The Balaban J connectivity index is 2.01. The summed E-state index contributed by atoms with van der Waals surface area (Å²) in [5, 5.41) is 0. The van der Waals surface area contributed by atoms with Gasteiger partial charge in [-0.05, 0) is 37.5 Å². The number of nitrogens with zero attached hydrogens (tertiary/aromatic N) is 1. The van der Waals surface area contributed by atoms with Gasteiger partial charge in [-0.3, -0.25) is 9.59 Å². The summed E-state index contributed by atoms with van der Waals surface area (Å²) in [6.07, 6.45) is 4.09. The summed E-state index contributed by atoms with van der Waals surface area (Å²) in [6, 6.07) is 5.45. The number of rotatable bonds is 1. The van der Waals surface area contributed by atoms with Crippen LogP contribution in [0.2, 0.25) is 0 Å². The van der Waals surface area contributed by atoms with Crippen LogP contribution in [0, 0.1) is 12.3 Å². The standard InChI is InChI=1S/C15H18N2O2/c1-10-4-5-12(11(16)8-10)17-13(18)9-15(14(17)19)6-2-3-7-15/h4-5,8H,2-3,6-7,9,16H2,1H3. The van der Waals surface area contributed by atoms with Gasteiger partial charge in [-0.2, -0.15) is 0 Å². The third-order valence-electron chi connectivity index (χ3n) is 4.38. The number of hydrogen-bond acceptors (Lipinski definition) is 3. The Morgan fingerprint density at radius 2 is 1.89 bits per heavy atom. The number of carbonyl (C=O) groups is 2. The lowest BCUT2D eigenvalue weighted by Crippen LogP contribution is -2.34. The van der Waals surface area contributed by atoms with Crippen molar-refractivity contribution in [3.05, 3.63) is 23.8 Å². The molecule has 2 amide bonds. The molecule has 1 aliphatic heterocycles. The van der Waals surface area contributed by atoms with Gasteiger partial charge in [-0.15, -0.1) is 0 Å². The number of nitrogens with two attached hydrogens (primary N) is 1. The van der Waals surface area contributed by atoms with Gasteiger partial charge < -0.3 is 5.73 Å². The van der Waals surface area contributed by atoms with E-state index in [4.69, 9.17) is 5.73 Å². The van der Waals surface area contributed by atoms with E-state index in [0.717, 1.165) is 31.2 Å². The minimum absolute atomic E-state index is 0.0504. The molecular formula is C15H18N2O2. The minimum atomic E-state index is -0.436. The Kier molecular flexibility index (Phi) is 2.62. The maximum absolute atomic E-state index is 12.6. The van der Waals surface area contributed by atoms with Crippen molar-refractivity contribution in [2.45, 2.75) is 39.0 Å². The second-order valence-corrected chi connectivity index (χ2v) is 5.76. The van der Waals surface area contributed by atoms with Crippen LogP contribution in [0.15, 0.2) is 18.2 Å². The molecule has 1 aromatic carbocycles. The number of imide groups is 1. The van der Waals surface area contributed by atoms with Gasteiger partial charge in [0.1, 0.15) is 0 Å². The molecule has 4 heteroatoms. The average molecular weight is 258 g/mol. The highest BCUT2D eigenvalue weighted by Crippen LogP contribution is 2.48. The van der Waals surface area contributed by atoms with Crippen LogP contribution in [-0.4, -0.2) is 11.8 Å². The molecule has 2 N–H and O–H groups in total. The first-order valence-corrected chi connectivity index (χ1v) is 6.77. The summed E-state index contributed by atoms with van der Waals surface area (Å²) in [4.78, 5) is 26.2. The monoisotopic (exact) mass is 258 g/mol. The molecule has 1 heterocycles. The zero-order valence-electron chi connectivity index (χ0n) is 11.1. The van der Waals surface area contributed by atoms with Crippen molar-refractivity contribution < 1.29 is 9.59 Å². The van der Waals surface area contributed by atoms with Gasteiger partial charge in [0.25, 0.3) is 0 Å². The molecule has 2 aliphatic rings. The number of aryl methyl sites for hydroxylation is 1. The number of nitrogen functional groups attached to an aromatic ring is 1. The molecular weight excluding hydrogens is 240 g/mol. The maximum Gasteiger partial charge on any atom is 0.240 e. The zero-order valence-corrected chi connectivity index (χ0v) is 11.1. The highest BCUT2D eigenvalue weighted by Gasteiger charge is 2.53. The van der Waals surface area contributed by atoms with Crippen molar-refractivity contribution >= 4 is 23.2 Å². The Morgan fingerprint density at radius 1 is 1.21 bits per heavy atom.